The summed E-state index contributed by atoms with van der Waals surface area (Å²) in [5.74, 6) is -1.15. The molecule has 8 heteroatoms. The van der Waals surface area contributed by atoms with Crippen molar-refractivity contribution in [1.29, 1.82) is 0 Å². The number of hydrogen-bond acceptors (Lipinski definition) is 6. The molecule has 1 N–H and O–H groups in total. The van der Waals surface area contributed by atoms with Gasteiger partial charge < -0.3 is 10.1 Å². The molecule has 0 aliphatic heterocycles. The van der Waals surface area contributed by atoms with Crippen LogP contribution in [0.3, 0.4) is 0 Å². The average Bonchev–Trinajstić information content (AvgIpc) is 3.01. The molecule has 22 heavy (non-hydrogen) atoms. The van der Waals surface area contributed by atoms with Crippen molar-refractivity contribution in [1.82, 2.24) is 0 Å². The predicted molar refractivity (Wildman–Crippen MR) is 80.9 cm³/mol. The smallest absolute Gasteiger partial charge is 0.349 e. The Hall–Kier alpha value is -2.74. The summed E-state index contributed by atoms with van der Waals surface area (Å²) in [6.07, 6.45) is -1.02. The summed E-state index contributed by atoms with van der Waals surface area (Å²) in [5.41, 5.74) is 0.124. The summed E-state index contributed by atoms with van der Waals surface area (Å²) >= 11 is 1.21. The van der Waals surface area contributed by atoms with Crippen molar-refractivity contribution >= 4 is 34.6 Å². The van der Waals surface area contributed by atoms with Gasteiger partial charge in [-0.3, -0.25) is 14.9 Å². The van der Waals surface area contributed by atoms with Gasteiger partial charge in [-0.25, -0.2) is 4.79 Å². The third-order valence-electron chi connectivity index (χ3n) is 2.70. The number of hydrogen-bond donors (Lipinski definition) is 1. The second kappa shape index (κ2) is 6.81. The number of carbonyl (C=O) groups is 2. The topological polar surface area (TPSA) is 98.5 Å². The Morgan fingerprint density at radius 3 is 2.73 bits per heavy atom. The number of rotatable bonds is 5. The van der Waals surface area contributed by atoms with Crippen LogP contribution in [0.25, 0.3) is 0 Å². The van der Waals surface area contributed by atoms with Gasteiger partial charge in [0.05, 0.1) is 4.92 Å². The first-order chi connectivity index (χ1) is 10.5. The summed E-state index contributed by atoms with van der Waals surface area (Å²) in [4.78, 5) is 34.2. The Bertz CT molecular complexity index is 699. The standard InChI is InChI=1S/C14H12N2O5S/c1-9(21-14(18)12-6-3-7-22-12)13(17)15-10-4-2-5-11(8-10)16(19)20/h2-9H,1H3,(H,15,17)/t9-/m1/s1. The molecule has 0 bridgehead atoms. The number of amides is 1. The molecule has 1 aromatic heterocycles. The fourth-order valence-corrected chi connectivity index (χ4v) is 2.21. The van der Waals surface area contributed by atoms with Gasteiger partial charge in [-0.05, 0) is 24.4 Å². The van der Waals surface area contributed by atoms with Gasteiger partial charge in [0.25, 0.3) is 11.6 Å². The van der Waals surface area contributed by atoms with Gasteiger partial charge in [0.1, 0.15) is 4.88 Å². The van der Waals surface area contributed by atoms with Crippen LogP contribution in [0, 0.1) is 10.1 Å². The largest absolute Gasteiger partial charge is 0.448 e. The second-order valence-electron chi connectivity index (χ2n) is 4.32. The Kier molecular flexibility index (Phi) is 4.84. The van der Waals surface area contributed by atoms with Gasteiger partial charge in [0.15, 0.2) is 6.10 Å². The van der Waals surface area contributed by atoms with E-state index >= 15 is 0 Å². The van der Waals surface area contributed by atoms with Gasteiger partial charge in [-0.15, -0.1) is 11.3 Å². The number of ether oxygens (including phenoxy) is 1. The van der Waals surface area contributed by atoms with E-state index in [1.54, 1.807) is 17.5 Å². The second-order valence-corrected chi connectivity index (χ2v) is 5.27. The maximum absolute atomic E-state index is 11.9. The van der Waals surface area contributed by atoms with Crippen LogP contribution in [-0.2, 0) is 9.53 Å². The normalized spacial score (nSPS) is 11.5. The maximum atomic E-state index is 11.9. The zero-order valence-electron chi connectivity index (χ0n) is 11.5. The molecule has 0 saturated heterocycles. The molecule has 0 aliphatic carbocycles. The lowest BCUT2D eigenvalue weighted by molar-refractivity contribution is -0.384. The molecule has 0 saturated carbocycles. The molecule has 1 heterocycles. The summed E-state index contributed by atoms with van der Waals surface area (Å²) in [6, 6.07) is 8.81. The van der Waals surface area contributed by atoms with Gasteiger partial charge in [0.2, 0.25) is 0 Å². The van der Waals surface area contributed by atoms with Crippen molar-refractivity contribution in [3.63, 3.8) is 0 Å². The van der Waals surface area contributed by atoms with Crippen LogP contribution in [0.1, 0.15) is 16.6 Å². The van der Waals surface area contributed by atoms with E-state index in [1.165, 1.54) is 42.5 Å². The van der Waals surface area contributed by atoms with Gasteiger partial charge >= 0.3 is 5.97 Å². The van der Waals surface area contributed by atoms with Crippen LogP contribution in [0.2, 0.25) is 0 Å². The quantitative estimate of drug-likeness (QED) is 0.519. The molecular weight excluding hydrogens is 308 g/mol. The number of carbonyl (C=O) groups excluding carboxylic acids is 2. The summed E-state index contributed by atoms with van der Waals surface area (Å²) in [5, 5.41) is 14.9. The van der Waals surface area contributed by atoms with Crippen molar-refractivity contribution < 1.29 is 19.2 Å². The number of thiophene rings is 1. The predicted octanol–water partition coefficient (Wildman–Crippen LogP) is 2.84. The molecule has 0 unspecified atom stereocenters. The van der Waals surface area contributed by atoms with Crippen molar-refractivity contribution in [3.8, 4) is 0 Å². The van der Waals surface area contributed by atoms with Crippen LogP contribution in [0.5, 0.6) is 0 Å². The highest BCUT2D eigenvalue weighted by Crippen LogP contribution is 2.18. The summed E-state index contributed by atoms with van der Waals surface area (Å²) in [6.45, 7) is 1.43. The van der Waals surface area contributed by atoms with Crippen molar-refractivity contribution in [2.45, 2.75) is 13.0 Å². The molecule has 2 rings (SSSR count). The van der Waals surface area contributed by atoms with Gasteiger partial charge in [0, 0.05) is 17.8 Å². The molecule has 2 aromatic rings. The first-order valence-corrected chi connectivity index (χ1v) is 7.15. The molecule has 0 radical (unpaired) electrons. The van der Waals surface area contributed by atoms with Gasteiger partial charge in [-0.2, -0.15) is 0 Å². The van der Waals surface area contributed by atoms with E-state index in [0.29, 0.717) is 4.88 Å². The molecule has 1 atom stereocenters. The number of benzene rings is 1. The lowest BCUT2D eigenvalue weighted by Gasteiger charge is -2.12. The Labute approximate surface area is 129 Å². The van der Waals surface area contributed by atoms with E-state index in [0.717, 1.165) is 0 Å². The van der Waals surface area contributed by atoms with E-state index in [4.69, 9.17) is 4.74 Å². The number of nitrogens with one attached hydrogen (secondary N) is 1. The fraction of sp³-hybridized carbons (Fsp3) is 0.143. The Balaban J connectivity index is 1.98. The first kappa shape index (κ1) is 15.6. The highest BCUT2D eigenvalue weighted by Gasteiger charge is 2.20. The number of nitro benzene ring substituents is 1. The maximum Gasteiger partial charge on any atom is 0.349 e. The number of anilines is 1. The molecule has 1 amide bonds. The van der Waals surface area contributed by atoms with Crippen molar-refractivity contribution in [3.05, 3.63) is 56.8 Å². The third-order valence-corrected chi connectivity index (χ3v) is 3.55. The molecular formula is C14H12N2O5S. The lowest BCUT2D eigenvalue weighted by Crippen LogP contribution is -2.29. The number of esters is 1. The summed E-state index contributed by atoms with van der Waals surface area (Å²) < 4.78 is 5.03. The molecule has 7 nitrogen and oxygen atoms in total. The zero-order valence-corrected chi connectivity index (χ0v) is 12.3. The molecule has 1 aromatic carbocycles. The van der Waals surface area contributed by atoms with Crippen molar-refractivity contribution in [2.75, 3.05) is 5.32 Å². The van der Waals surface area contributed by atoms with E-state index in [-0.39, 0.29) is 11.4 Å². The van der Waals surface area contributed by atoms with E-state index in [1.807, 2.05) is 0 Å². The number of nitrogens with zero attached hydrogens (tertiary/aromatic N) is 1. The number of nitro groups is 1. The minimum Gasteiger partial charge on any atom is -0.448 e. The van der Waals surface area contributed by atoms with Crippen LogP contribution < -0.4 is 5.32 Å². The zero-order chi connectivity index (χ0) is 16.1. The average molecular weight is 320 g/mol. The van der Waals surface area contributed by atoms with Crippen LogP contribution >= 0.6 is 11.3 Å². The summed E-state index contributed by atoms with van der Waals surface area (Å²) in [7, 11) is 0. The molecule has 0 spiro atoms. The van der Waals surface area contributed by atoms with Crippen molar-refractivity contribution in [2.24, 2.45) is 0 Å². The molecule has 114 valence electrons. The van der Waals surface area contributed by atoms with Gasteiger partial charge in [-0.1, -0.05) is 12.1 Å². The Morgan fingerprint density at radius 2 is 2.09 bits per heavy atom. The van der Waals surface area contributed by atoms with E-state index in [9.17, 15) is 19.7 Å². The highest BCUT2D eigenvalue weighted by molar-refractivity contribution is 7.11. The fourth-order valence-electron chi connectivity index (χ4n) is 1.61. The third kappa shape index (κ3) is 3.89. The number of non-ortho nitro benzene ring substituents is 1. The monoisotopic (exact) mass is 320 g/mol. The first-order valence-electron chi connectivity index (χ1n) is 6.27. The van der Waals surface area contributed by atoms with Crippen LogP contribution in [0.4, 0.5) is 11.4 Å². The lowest BCUT2D eigenvalue weighted by atomic mass is 10.2. The SMILES string of the molecule is C[C@@H](OC(=O)c1cccs1)C(=O)Nc1cccc([N+](=O)[O-])c1. The van der Waals surface area contributed by atoms with E-state index < -0.39 is 22.9 Å². The van der Waals surface area contributed by atoms with Crippen LogP contribution in [0.15, 0.2) is 41.8 Å². The molecule has 0 aliphatic rings. The van der Waals surface area contributed by atoms with Crippen LogP contribution in [-0.4, -0.2) is 22.9 Å². The van der Waals surface area contributed by atoms with E-state index in [2.05, 4.69) is 5.32 Å². The Morgan fingerprint density at radius 1 is 1.32 bits per heavy atom. The highest BCUT2D eigenvalue weighted by atomic mass is 32.1. The minimum absolute atomic E-state index is 0.138. The minimum atomic E-state index is -1.02. The molecule has 0 fully saturated rings.